The Hall–Kier alpha value is -4.53. The Bertz CT molecular complexity index is 1900. The Morgan fingerprint density at radius 3 is 1.56 bits per heavy atom. The first-order chi connectivity index (χ1) is 18.9. The summed E-state index contributed by atoms with van der Waals surface area (Å²) in [5.74, 6) is 0. The summed E-state index contributed by atoms with van der Waals surface area (Å²) >= 11 is 0. The number of nitrogens with zero attached hydrogens (tertiary/aromatic N) is 4. The third kappa shape index (κ3) is 4.54. The molecule has 39 heavy (non-hydrogen) atoms. The fourth-order valence-electron chi connectivity index (χ4n) is 5.06. The molecule has 0 unspecified atom stereocenters. The van der Waals surface area contributed by atoms with Gasteiger partial charge in [-0.2, -0.15) is 0 Å². The summed E-state index contributed by atoms with van der Waals surface area (Å²) in [5, 5.41) is 7.39. The molecule has 0 aliphatic carbocycles. The molecule has 0 atom stereocenters. The van der Waals surface area contributed by atoms with Gasteiger partial charge in [0.2, 0.25) is 0 Å². The van der Waals surface area contributed by atoms with Crippen molar-refractivity contribution in [1.82, 2.24) is 15.0 Å². The van der Waals surface area contributed by atoms with Crippen molar-refractivity contribution >= 4 is 33.2 Å². The van der Waals surface area contributed by atoms with Gasteiger partial charge in [0.1, 0.15) is 0 Å². The van der Waals surface area contributed by atoms with E-state index in [9.17, 15) is 0 Å². The first-order valence-corrected chi connectivity index (χ1v) is 12.6. The molecule has 0 N–H and O–H groups in total. The fourth-order valence-corrected chi connectivity index (χ4v) is 5.06. The fraction of sp³-hybridized carbons (Fsp3) is 0. The van der Waals surface area contributed by atoms with E-state index in [1.54, 1.807) is 0 Å². The summed E-state index contributed by atoms with van der Waals surface area (Å²) < 4.78 is 0. The Kier molecular flexibility index (Phi) is 6.79. The van der Waals surface area contributed by atoms with Crippen LogP contribution < -0.4 is 4.98 Å². The molecule has 0 saturated heterocycles. The predicted octanol–water partition coefficient (Wildman–Crippen LogP) is 9.08. The average molecular weight is 682 g/mol. The van der Waals surface area contributed by atoms with Crippen LogP contribution in [0.25, 0.3) is 60.8 Å². The van der Waals surface area contributed by atoms with E-state index in [4.69, 9.17) is 10.3 Å². The standard InChI is InChI=1S/C34H22N4.Pt/c1-3-19-31(37-32-20-4-2-12-27(32)29-17-5-7-21-35-29)23(11-1)24-13-9-14-25-26-15-10-16-28(34(26)38-33(24)25)30-18-6-8-22-36-30;/h1-22H;/q-2;+2. The van der Waals surface area contributed by atoms with Gasteiger partial charge in [0.15, 0.2) is 0 Å². The minimum Gasteiger partial charge on any atom is -0.657 e. The number of aromatic nitrogens is 3. The molecule has 0 spiro atoms. The van der Waals surface area contributed by atoms with Crippen LogP contribution in [0.2, 0.25) is 0 Å². The van der Waals surface area contributed by atoms with Gasteiger partial charge in [-0.05, 0) is 57.3 Å². The molecule has 0 aliphatic rings. The van der Waals surface area contributed by atoms with Crippen molar-refractivity contribution in [2.24, 2.45) is 0 Å². The number of pyridine rings is 2. The van der Waals surface area contributed by atoms with E-state index < -0.39 is 0 Å². The molecule has 0 radical (unpaired) electrons. The smallest absolute Gasteiger partial charge is 0.657 e. The van der Waals surface area contributed by atoms with Gasteiger partial charge in [0.25, 0.3) is 0 Å². The summed E-state index contributed by atoms with van der Waals surface area (Å²) in [5.41, 5.74) is 9.64. The molecule has 188 valence electrons. The molecule has 7 rings (SSSR count). The summed E-state index contributed by atoms with van der Waals surface area (Å²) in [7, 11) is 0. The van der Waals surface area contributed by atoms with Crippen LogP contribution in [0.4, 0.5) is 11.4 Å². The van der Waals surface area contributed by atoms with E-state index in [0.717, 1.165) is 66.8 Å². The van der Waals surface area contributed by atoms with E-state index in [-0.39, 0.29) is 21.1 Å². The maximum absolute atomic E-state index is 5.19. The quantitative estimate of drug-likeness (QED) is 0.182. The van der Waals surface area contributed by atoms with Crippen molar-refractivity contribution in [3.05, 3.63) is 139 Å². The topological polar surface area (TPSA) is 54.0 Å². The monoisotopic (exact) mass is 681 g/mol. The van der Waals surface area contributed by atoms with Gasteiger partial charge in [0, 0.05) is 12.4 Å². The zero-order valence-corrected chi connectivity index (χ0v) is 23.1. The molecule has 3 heterocycles. The van der Waals surface area contributed by atoms with Gasteiger partial charge in [0.05, 0.1) is 11.4 Å². The molecule has 0 aliphatic heterocycles. The number of rotatable bonds is 5. The van der Waals surface area contributed by atoms with Crippen LogP contribution in [-0.4, -0.2) is 9.97 Å². The van der Waals surface area contributed by atoms with Crippen molar-refractivity contribution in [3.63, 3.8) is 0 Å². The van der Waals surface area contributed by atoms with E-state index in [0.29, 0.717) is 0 Å². The number of para-hydroxylation sites is 4. The average Bonchev–Trinajstić information content (AvgIpc) is 3.38. The summed E-state index contributed by atoms with van der Waals surface area (Å²) in [6.07, 6.45) is 3.63. The molecular weight excluding hydrogens is 659 g/mol. The van der Waals surface area contributed by atoms with E-state index in [1.165, 1.54) is 0 Å². The van der Waals surface area contributed by atoms with Crippen LogP contribution in [0.3, 0.4) is 0 Å². The Morgan fingerprint density at radius 1 is 0.436 bits per heavy atom. The van der Waals surface area contributed by atoms with E-state index >= 15 is 0 Å². The molecular formula is C34H22N4Pt. The van der Waals surface area contributed by atoms with Crippen molar-refractivity contribution in [2.45, 2.75) is 0 Å². The first-order valence-electron chi connectivity index (χ1n) is 12.6. The zero-order chi connectivity index (χ0) is 25.3. The van der Waals surface area contributed by atoms with Gasteiger partial charge >= 0.3 is 21.1 Å². The maximum Gasteiger partial charge on any atom is 2.00 e. The molecule has 0 saturated carbocycles. The van der Waals surface area contributed by atoms with E-state index in [2.05, 4.69) is 70.6 Å². The second-order valence-electron chi connectivity index (χ2n) is 9.09. The molecule has 4 aromatic carbocycles. The number of hydrogen-bond donors (Lipinski definition) is 0. The summed E-state index contributed by atoms with van der Waals surface area (Å²) in [6, 6.07) is 41.0. The second-order valence-corrected chi connectivity index (χ2v) is 9.09. The normalized spacial score (nSPS) is 10.9. The molecule has 0 amide bonds. The number of benzene rings is 4. The Balaban J connectivity index is 0.00000277. The van der Waals surface area contributed by atoms with Crippen LogP contribution in [0.15, 0.2) is 134 Å². The summed E-state index contributed by atoms with van der Waals surface area (Å²) in [4.78, 5) is 14.3. The minimum atomic E-state index is 0. The molecule has 3 aromatic heterocycles. The number of hydrogen-bond acceptors (Lipinski definition) is 2. The van der Waals surface area contributed by atoms with Crippen molar-refractivity contribution < 1.29 is 21.1 Å². The SMILES string of the molecule is [Pt+2].c1ccc(-c2ccccc2[N-]c2ccccc2-c2cccc3c2[n-]c2c(-c4ccccn4)cccc23)nc1. The van der Waals surface area contributed by atoms with Crippen molar-refractivity contribution in [3.8, 4) is 33.6 Å². The van der Waals surface area contributed by atoms with Crippen molar-refractivity contribution in [2.75, 3.05) is 0 Å². The predicted molar refractivity (Wildman–Crippen MR) is 156 cm³/mol. The van der Waals surface area contributed by atoms with Gasteiger partial charge < -0.3 is 10.3 Å². The minimum absolute atomic E-state index is 0. The van der Waals surface area contributed by atoms with Crippen LogP contribution in [0, 0.1) is 0 Å². The van der Waals surface area contributed by atoms with Crippen LogP contribution >= 0.6 is 0 Å². The molecule has 7 aromatic rings. The van der Waals surface area contributed by atoms with Crippen LogP contribution in [-0.2, 0) is 21.1 Å². The second kappa shape index (κ2) is 10.7. The largest absolute Gasteiger partial charge is 2.00 e. The first kappa shape index (κ1) is 24.8. The third-order valence-electron chi connectivity index (χ3n) is 6.81. The van der Waals surface area contributed by atoms with Gasteiger partial charge in [-0.15, -0.1) is 22.4 Å². The molecule has 5 heteroatoms. The molecule has 4 nitrogen and oxygen atoms in total. The van der Waals surface area contributed by atoms with Crippen LogP contribution in [0.1, 0.15) is 0 Å². The molecule has 0 fully saturated rings. The van der Waals surface area contributed by atoms with Crippen molar-refractivity contribution in [1.29, 1.82) is 0 Å². The Labute approximate surface area is 241 Å². The maximum atomic E-state index is 5.19. The number of fused-ring (bicyclic) bond motifs is 3. The van der Waals surface area contributed by atoms with E-state index in [1.807, 2.05) is 73.1 Å². The summed E-state index contributed by atoms with van der Waals surface area (Å²) in [6.45, 7) is 0. The van der Waals surface area contributed by atoms with Crippen LogP contribution in [0.5, 0.6) is 0 Å². The third-order valence-corrected chi connectivity index (χ3v) is 6.81. The van der Waals surface area contributed by atoms with Gasteiger partial charge in [-0.25, -0.2) is 0 Å². The molecule has 0 bridgehead atoms. The van der Waals surface area contributed by atoms with Gasteiger partial charge in [-0.1, -0.05) is 97.1 Å². The zero-order valence-electron chi connectivity index (χ0n) is 20.8. The van der Waals surface area contributed by atoms with Gasteiger partial charge in [-0.3, -0.25) is 9.97 Å². The Morgan fingerprint density at radius 2 is 0.923 bits per heavy atom.